The minimum absolute atomic E-state index is 0. The van der Waals surface area contributed by atoms with E-state index in [1.807, 2.05) is 6.92 Å². The Bertz CT molecular complexity index is 952. The minimum atomic E-state index is -1.15. The van der Waals surface area contributed by atoms with Gasteiger partial charge in [0, 0.05) is 29.3 Å². The van der Waals surface area contributed by atoms with E-state index in [0.717, 1.165) is 0 Å². The molecule has 2 atom stereocenters. The van der Waals surface area contributed by atoms with Gasteiger partial charge in [-0.3, -0.25) is 5.41 Å². The molecule has 2 aromatic rings. The summed E-state index contributed by atoms with van der Waals surface area (Å²) < 4.78 is 37.5. The third kappa shape index (κ3) is 6.72. The summed E-state index contributed by atoms with van der Waals surface area (Å²) >= 11 is 0. The fourth-order valence-corrected chi connectivity index (χ4v) is 3.33. The van der Waals surface area contributed by atoms with Crippen LogP contribution in [0.3, 0.4) is 0 Å². The van der Waals surface area contributed by atoms with Crippen molar-refractivity contribution in [2.45, 2.75) is 32.4 Å². The number of benzene rings is 2. The fraction of sp³-hybridized carbons (Fsp3) is 0.391. The van der Waals surface area contributed by atoms with E-state index in [2.05, 4.69) is 5.32 Å². The van der Waals surface area contributed by atoms with Gasteiger partial charge < -0.3 is 30.0 Å². The van der Waals surface area contributed by atoms with Crippen LogP contribution >= 0.6 is 12.4 Å². The molecule has 1 fully saturated rings. The molecule has 33 heavy (non-hydrogen) atoms. The second-order valence-corrected chi connectivity index (χ2v) is 7.18. The zero-order chi connectivity index (χ0) is 23.1. The molecule has 8 nitrogen and oxygen atoms in total. The largest absolute Gasteiger partial charge is 0.494 e. The van der Waals surface area contributed by atoms with E-state index in [1.54, 1.807) is 31.2 Å². The predicted molar refractivity (Wildman–Crippen MR) is 125 cm³/mol. The minimum Gasteiger partial charge on any atom is -0.494 e. The van der Waals surface area contributed by atoms with E-state index in [0.29, 0.717) is 43.2 Å². The highest BCUT2D eigenvalue weighted by atomic mass is 35.5. The van der Waals surface area contributed by atoms with Gasteiger partial charge in [-0.25, -0.2) is 9.18 Å². The molecule has 3 rings (SSSR count). The first-order chi connectivity index (χ1) is 15.4. The second-order valence-electron chi connectivity index (χ2n) is 7.18. The Hall–Kier alpha value is -3.04. The molecule has 0 bridgehead atoms. The molecule has 10 heteroatoms. The fourth-order valence-electron chi connectivity index (χ4n) is 3.33. The molecule has 180 valence electrons. The maximum atomic E-state index is 15.6. The topological polar surface area (TPSA) is 116 Å². The van der Waals surface area contributed by atoms with Crippen LogP contribution in [0.1, 0.15) is 37.4 Å². The highest BCUT2D eigenvalue weighted by Gasteiger charge is 2.29. The molecule has 0 aliphatic carbocycles. The summed E-state index contributed by atoms with van der Waals surface area (Å²) in [6, 6.07) is 8.37. The summed E-state index contributed by atoms with van der Waals surface area (Å²) in [6.07, 6.45) is 0.373. The third-order valence-electron chi connectivity index (χ3n) is 4.87. The van der Waals surface area contributed by atoms with Crippen LogP contribution in [-0.2, 0) is 14.3 Å². The quantitative estimate of drug-likeness (QED) is 0.268. The summed E-state index contributed by atoms with van der Waals surface area (Å²) in [5.41, 5.74) is 6.59. The third-order valence-corrected chi connectivity index (χ3v) is 4.87. The van der Waals surface area contributed by atoms with Crippen molar-refractivity contribution >= 4 is 29.9 Å². The van der Waals surface area contributed by atoms with Gasteiger partial charge >= 0.3 is 5.97 Å². The predicted octanol–water partition coefficient (Wildman–Crippen LogP) is 3.81. The first-order valence-corrected chi connectivity index (χ1v) is 10.5. The number of hydrogen-bond acceptors (Lipinski definition) is 7. The Morgan fingerprint density at radius 1 is 1.27 bits per heavy atom. The van der Waals surface area contributed by atoms with Crippen molar-refractivity contribution in [3.63, 3.8) is 0 Å². The monoisotopic (exact) mass is 481 g/mol. The Morgan fingerprint density at radius 2 is 2.00 bits per heavy atom. The molecule has 4 N–H and O–H groups in total. The van der Waals surface area contributed by atoms with Gasteiger partial charge in [0.15, 0.2) is 17.6 Å². The SMILES string of the molecule is CCOC(=O)C(Nc1ccc(C(=N)N)cc1)c1cc(OCC)cc(O[C@@H]2CCOC2)c1F.Cl. The number of ether oxygens (including phenoxy) is 4. The molecule has 1 unspecified atom stereocenters. The van der Waals surface area contributed by atoms with Crippen LogP contribution in [0.25, 0.3) is 0 Å². The molecule has 0 aromatic heterocycles. The molecule has 1 aliphatic rings. The van der Waals surface area contributed by atoms with Crippen molar-refractivity contribution in [2.75, 3.05) is 31.7 Å². The van der Waals surface area contributed by atoms with Crippen LogP contribution in [0, 0.1) is 11.2 Å². The van der Waals surface area contributed by atoms with E-state index in [4.69, 9.17) is 30.1 Å². The number of hydrogen-bond donors (Lipinski definition) is 3. The van der Waals surface area contributed by atoms with Crippen LogP contribution in [0.5, 0.6) is 11.5 Å². The second kappa shape index (κ2) is 12.3. The first-order valence-electron chi connectivity index (χ1n) is 10.5. The standard InChI is InChI=1S/C23H28FN3O5.ClH/c1-3-30-17-11-18(20(24)19(12-17)32-16-9-10-29-13-16)21(23(28)31-4-2)27-15-7-5-14(6-8-15)22(25)26;/h5-8,11-12,16,21,27H,3-4,9-10,13H2,1-2H3,(H3,25,26);1H/t16-,21?;/m1./s1. The lowest BCUT2D eigenvalue weighted by atomic mass is 10.0. The van der Waals surface area contributed by atoms with Gasteiger partial charge in [-0.15, -0.1) is 12.4 Å². The van der Waals surface area contributed by atoms with E-state index >= 15 is 4.39 Å². The molecular formula is C23H29ClFN3O5. The number of rotatable bonds is 10. The number of carbonyl (C=O) groups is 1. The lowest BCUT2D eigenvalue weighted by molar-refractivity contribution is -0.144. The summed E-state index contributed by atoms with van der Waals surface area (Å²) in [4.78, 5) is 12.8. The van der Waals surface area contributed by atoms with Gasteiger partial charge in [-0.2, -0.15) is 0 Å². The van der Waals surface area contributed by atoms with E-state index in [9.17, 15) is 4.79 Å². The van der Waals surface area contributed by atoms with Crippen LogP contribution in [0.15, 0.2) is 36.4 Å². The zero-order valence-corrected chi connectivity index (χ0v) is 19.4. The lowest BCUT2D eigenvalue weighted by Gasteiger charge is -2.22. The lowest BCUT2D eigenvalue weighted by Crippen LogP contribution is -2.25. The van der Waals surface area contributed by atoms with Crippen LogP contribution in [0.2, 0.25) is 0 Å². The molecule has 2 aromatic carbocycles. The van der Waals surface area contributed by atoms with E-state index in [1.165, 1.54) is 12.1 Å². The molecule has 0 amide bonds. The number of nitrogens with two attached hydrogens (primary N) is 1. The van der Waals surface area contributed by atoms with Gasteiger partial charge in [0.25, 0.3) is 0 Å². The molecule has 1 aliphatic heterocycles. The Labute approximate surface area is 198 Å². The van der Waals surface area contributed by atoms with Crippen LogP contribution < -0.4 is 20.5 Å². The summed E-state index contributed by atoms with van der Waals surface area (Å²) in [6.45, 7) is 4.91. The number of anilines is 1. The maximum absolute atomic E-state index is 15.6. The average molecular weight is 482 g/mol. The number of carbonyl (C=O) groups excluding carboxylic acids is 1. The number of nitrogens with one attached hydrogen (secondary N) is 2. The number of esters is 1. The van der Waals surface area contributed by atoms with Crippen molar-refractivity contribution in [1.29, 1.82) is 5.41 Å². The molecule has 0 saturated carbocycles. The normalized spacial score (nSPS) is 15.8. The van der Waals surface area contributed by atoms with Gasteiger partial charge in [0.05, 0.1) is 26.4 Å². The molecule has 1 saturated heterocycles. The molecule has 0 radical (unpaired) electrons. The van der Waals surface area contributed by atoms with E-state index in [-0.39, 0.29) is 42.3 Å². The Kier molecular flexibility index (Phi) is 9.74. The number of halogens is 2. The Morgan fingerprint density at radius 3 is 2.58 bits per heavy atom. The average Bonchev–Trinajstić information content (AvgIpc) is 3.28. The van der Waals surface area contributed by atoms with Gasteiger partial charge in [-0.1, -0.05) is 0 Å². The highest BCUT2D eigenvalue weighted by molar-refractivity contribution is 5.95. The molecule has 1 heterocycles. The van der Waals surface area contributed by atoms with Crippen molar-refractivity contribution in [2.24, 2.45) is 5.73 Å². The highest BCUT2D eigenvalue weighted by Crippen LogP contribution is 2.34. The van der Waals surface area contributed by atoms with Crippen molar-refractivity contribution in [3.8, 4) is 11.5 Å². The van der Waals surface area contributed by atoms with Gasteiger partial charge in [0.2, 0.25) is 0 Å². The van der Waals surface area contributed by atoms with Crippen molar-refractivity contribution in [1.82, 2.24) is 0 Å². The summed E-state index contributed by atoms with van der Waals surface area (Å²) in [5.74, 6) is -1.03. The van der Waals surface area contributed by atoms with Crippen molar-refractivity contribution in [3.05, 3.63) is 53.3 Å². The van der Waals surface area contributed by atoms with Crippen LogP contribution in [0.4, 0.5) is 10.1 Å². The summed E-state index contributed by atoms with van der Waals surface area (Å²) in [7, 11) is 0. The van der Waals surface area contributed by atoms with Gasteiger partial charge in [0.1, 0.15) is 17.7 Å². The smallest absolute Gasteiger partial charge is 0.333 e. The Balaban J connectivity index is 0.00000385. The number of amidine groups is 1. The van der Waals surface area contributed by atoms with Gasteiger partial charge in [-0.05, 0) is 44.2 Å². The van der Waals surface area contributed by atoms with Crippen molar-refractivity contribution < 1.29 is 28.1 Å². The molecule has 0 spiro atoms. The first kappa shape index (κ1) is 26.2. The van der Waals surface area contributed by atoms with Crippen LogP contribution in [-0.4, -0.2) is 44.3 Å². The summed E-state index contributed by atoms with van der Waals surface area (Å²) in [5, 5.41) is 10.5. The zero-order valence-electron chi connectivity index (χ0n) is 18.6. The number of nitrogen functional groups attached to an aromatic ring is 1. The van der Waals surface area contributed by atoms with E-state index < -0.39 is 17.8 Å². The molecular weight excluding hydrogens is 453 g/mol. The maximum Gasteiger partial charge on any atom is 0.333 e.